The van der Waals surface area contributed by atoms with E-state index >= 15 is 0 Å². The van der Waals surface area contributed by atoms with Gasteiger partial charge >= 0.3 is 0 Å². The number of halogens is 1. The average molecular weight is 236 g/mol. The summed E-state index contributed by atoms with van der Waals surface area (Å²) < 4.78 is 5.61. The van der Waals surface area contributed by atoms with E-state index in [0.29, 0.717) is 10.2 Å². The maximum Gasteiger partial charge on any atom is 0.148 e. The zero-order valence-electron chi connectivity index (χ0n) is 6.27. The lowest BCUT2D eigenvalue weighted by atomic mass is 10.1. The summed E-state index contributed by atoms with van der Waals surface area (Å²) in [6, 6.07) is 0.940. The van der Waals surface area contributed by atoms with Gasteiger partial charge in [-0.2, -0.15) is 0 Å². The quantitative estimate of drug-likeness (QED) is 0.709. The van der Waals surface area contributed by atoms with E-state index in [1.54, 1.807) is 6.07 Å². The number of aliphatic hydroxyl groups is 2. The second-order valence-corrected chi connectivity index (χ2v) is 3.28. The van der Waals surface area contributed by atoms with Gasteiger partial charge in [0.2, 0.25) is 0 Å². The molecule has 4 N–H and O–H groups in total. The molecule has 0 bridgehead atoms. The second kappa shape index (κ2) is 4.04. The molecule has 2 atom stereocenters. The molecule has 0 aliphatic rings. The van der Waals surface area contributed by atoms with Crippen molar-refractivity contribution >= 4 is 15.9 Å². The lowest BCUT2D eigenvalue weighted by Crippen LogP contribution is -2.31. The molecule has 68 valence electrons. The zero-order valence-corrected chi connectivity index (χ0v) is 7.86. The molecule has 1 aromatic heterocycles. The van der Waals surface area contributed by atoms with E-state index in [4.69, 9.17) is 15.3 Å². The predicted molar refractivity (Wildman–Crippen MR) is 46.4 cm³/mol. The van der Waals surface area contributed by atoms with Crippen molar-refractivity contribution in [3.8, 4) is 0 Å². The molecular formula is C7H10BrNO3. The van der Waals surface area contributed by atoms with E-state index in [-0.39, 0.29) is 6.61 Å². The van der Waals surface area contributed by atoms with Gasteiger partial charge in [-0.3, -0.25) is 0 Å². The van der Waals surface area contributed by atoms with Crippen molar-refractivity contribution in [3.63, 3.8) is 0 Å². The average Bonchev–Trinajstić information content (AvgIpc) is 2.48. The molecule has 4 nitrogen and oxygen atoms in total. The second-order valence-electron chi connectivity index (χ2n) is 2.42. The summed E-state index contributed by atoms with van der Waals surface area (Å²) in [5.41, 5.74) is 5.40. The Balaban J connectivity index is 2.77. The first kappa shape index (κ1) is 9.73. The van der Waals surface area contributed by atoms with Gasteiger partial charge in [-0.05, 0) is 22.0 Å². The third-order valence-corrected chi connectivity index (χ3v) is 2.18. The number of rotatable bonds is 3. The van der Waals surface area contributed by atoms with Gasteiger partial charge in [0.25, 0.3) is 0 Å². The molecule has 0 saturated carbocycles. The van der Waals surface area contributed by atoms with Crippen LogP contribution < -0.4 is 5.73 Å². The maximum absolute atomic E-state index is 9.45. The molecule has 0 spiro atoms. The van der Waals surface area contributed by atoms with Crippen LogP contribution >= 0.6 is 15.9 Å². The van der Waals surface area contributed by atoms with Crippen LogP contribution in [-0.4, -0.2) is 22.9 Å². The van der Waals surface area contributed by atoms with Gasteiger partial charge in [-0.25, -0.2) is 0 Å². The monoisotopic (exact) mass is 235 g/mol. The van der Waals surface area contributed by atoms with E-state index in [1.165, 1.54) is 6.26 Å². The first-order valence-electron chi connectivity index (χ1n) is 3.44. The predicted octanol–water partition coefficient (Wildman–Crippen LogP) is 0.395. The highest BCUT2D eigenvalue weighted by molar-refractivity contribution is 9.10. The molecule has 12 heavy (non-hydrogen) atoms. The Kier molecular flexibility index (Phi) is 3.28. The van der Waals surface area contributed by atoms with Crippen molar-refractivity contribution in [1.29, 1.82) is 0 Å². The van der Waals surface area contributed by atoms with Gasteiger partial charge in [0.15, 0.2) is 0 Å². The summed E-state index contributed by atoms with van der Waals surface area (Å²) in [7, 11) is 0. The normalized spacial score (nSPS) is 16.0. The molecule has 5 heteroatoms. The van der Waals surface area contributed by atoms with Crippen molar-refractivity contribution in [2.24, 2.45) is 5.73 Å². The largest absolute Gasteiger partial charge is 0.465 e. The number of hydrogen-bond acceptors (Lipinski definition) is 4. The van der Waals surface area contributed by atoms with E-state index in [0.717, 1.165) is 0 Å². The fourth-order valence-corrected chi connectivity index (χ4v) is 1.25. The van der Waals surface area contributed by atoms with Crippen LogP contribution in [0.1, 0.15) is 11.9 Å². The van der Waals surface area contributed by atoms with Gasteiger partial charge < -0.3 is 20.4 Å². The van der Waals surface area contributed by atoms with Gasteiger partial charge in [0.1, 0.15) is 11.9 Å². The maximum atomic E-state index is 9.45. The fraction of sp³-hybridized carbons (Fsp3) is 0.429. The van der Waals surface area contributed by atoms with Gasteiger partial charge in [-0.1, -0.05) is 0 Å². The highest BCUT2D eigenvalue weighted by Crippen LogP contribution is 2.25. The molecule has 1 heterocycles. The van der Waals surface area contributed by atoms with Crippen LogP contribution in [0.3, 0.4) is 0 Å². The molecule has 2 unspecified atom stereocenters. The van der Waals surface area contributed by atoms with Crippen LogP contribution in [0.15, 0.2) is 21.2 Å². The summed E-state index contributed by atoms with van der Waals surface area (Å²) in [4.78, 5) is 0. The molecular weight excluding hydrogens is 226 g/mol. The summed E-state index contributed by atoms with van der Waals surface area (Å²) >= 11 is 3.17. The molecule has 0 aliphatic heterocycles. The molecule has 0 aliphatic carbocycles. The summed E-state index contributed by atoms with van der Waals surface area (Å²) in [6.45, 7) is -0.283. The van der Waals surface area contributed by atoms with E-state index in [1.807, 2.05) is 0 Å². The van der Waals surface area contributed by atoms with Gasteiger partial charge in [0, 0.05) is 0 Å². The Bertz CT molecular complexity index is 251. The van der Waals surface area contributed by atoms with E-state index in [2.05, 4.69) is 15.9 Å². The minimum absolute atomic E-state index is 0.283. The van der Waals surface area contributed by atoms with Gasteiger partial charge in [-0.15, -0.1) is 0 Å². The summed E-state index contributed by atoms with van der Waals surface area (Å²) in [5.74, 6) is 0.344. The van der Waals surface area contributed by atoms with Crippen molar-refractivity contribution in [2.45, 2.75) is 12.1 Å². The third kappa shape index (κ3) is 1.87. The van der Waals surface area contributed by atoms with Crippen LogP contribution in [0.5, 0.6) is 0 Å². The van der Waals surface area contributed by atoms with Crippen molar-refractivity contribution < 1.29 is 14.6 Å². The van der Waals surface area contributed by atoms with Crippen LogP contribution in [-0.2, 0) is 0 Å². The zero-order chi connectivity index (χ0) is 9.14. The number of nitrogens with two attached hydrogens (primary N) is 1. The van der Waals surface area contributed by atoms with Crippen LogP contribution in [0.25, 0.3) is 0 Å². The number of furan rings is 1. The highest BCUT2D eigenvalue weighted by atomic mass is 79.9. The molecule has 0 aromatic carbocycles. The molecule has 1 rings (SSSR count). The first-order valence-corrected chi connectivity index (χ1v) is 4.23. The van der Waals surface area contributed by atoms with Gasteiger partial charge in [0.05, 0.1) is 23.4 Å². The molecule has 1 aromatic rings. The molecule has 0 amide bonds. The standard InChI is InChI=1S/C7H10BrNO3/c8-4-1-2-12-7(4)6(11)5(9)3-10/h1-2,5-6,10-11H,3,9H2. The van der Waals surface area contributed by atoms with E-state index in [9.17, 15) is 5.11 Å². The lowest BCUT2D eigenvalue weighted by Gasteiger charge is -2.14. The highest BCUT2D eigenvalue weighted by Gasteiger charge is 2.21. The molecule has 0 radical (unpaired) electrons. The molecule has 0 saturated heterocycles. The van der Waals surface area contributed by atoms with Crippen LogP contribution in [0.4, 0.5) is 0 Å². The number of aliphatic hydroxyl groups excluding tert-OH is 2. The van der Waals surface area contributed by atoms with Crippen molar-refractivity contribution in [2.75, 3.05) is 6.61 Å². The van der Waals surface area contributed by atoms with Crippen LogP contribution in [0, 0.1) is 0 Å². The third-order valence-electron chi connectivity index (χ3n) is 1.53. The van der Waals surface area contributed by atoms with Crippen molar-refractivity contribution in [1.82, 2.24) is 0 Å². The number of hydrogen-bond donors (Lipinski definition) is 3. The summed E-state index contributed by atoms with van der Waals surface area (Å²) in [5, 5.41) is 18.1. The smallest absolute Gasteiger partial charge is 0.148 e. The fourth-order valence-electron chi connectivity index (χ4n) is 0.811. The summed E-state index contributed by atoms with van der Waals surface area (Å²) in [6.07, 6.45) is 0.464. The minimum atomic E-state index is -0.973. The SMILES string of the molecule is NC(CO)C(O)c1occc1Br. The Morgan fingerprint density at radius 1 is 1.67 bits per heavy atom. The Morgan fingerprint density at radius 3 is 2.75 bits per heavy atom. The topological polar surface area (TPSA) is 79.6 Å². The Hall–Kier alpha value is -0.360. The molecule has 0 fully saturated rings. The van der Waals surface area contributed by atoms with Crippen molar-refractivity contribution in [3.05, 3.63) is 22.6 Å². The van der Waals surface area contributed by atoms with E-state index < -0.39 is 12.1 Å². The Labute approximate surface area is 78.1 Å². The minimum Gasteiger partial charge on any atom is -0.465 e. The van der Waals surface area contributed by atoms with Crippen LogP contribution in [0.2, 0.25) is 0 Å². The first-order chi connectivity index (χ1) is 5.66. The Morgan fingerprint density at radius 2 is 2.33 bits per heavy atom. The lowest BCUT2D eigenvalue weighted by molar-refractivity contribution is 0.0896.